The molecule has 0 aromatic heterocycles. The van der Waals surface area contributed by atoms with Crippen molar-refractivity contribution < 1.29 is 14.6 Å². The third-order valence-corrected chi connectivity index (χ3v) is 4.99. The van der Waals surface area contributed by atoms with Gasteiger partial charge in [-0.1, -0.05) is 24.4 Å². The van der Waals surface area contributed by atoms with E-state index < -0.39 is 6.10 Å². The minimum absolute atomic E-state index is 0.0464. The molecule has 2 N–H and O–H groups in total. The number of β-amino-alcohol motifs (C(OH)–C–C–N with tert-alkyl or cyclic N) is 1. The molecule has 0 bridgehead atoms. The van der Waals surface area contributed by atoms with Crippen molar-refractivity contribution in [2.24, 2.45) is 0 Å². The lowest BCUT2D eigenvalue weighted by Crippen LogP contribution is -2.36. The summed E-state index contributed by atoms with van der Waals surface area (Å²) in [6, 6.07) is 5.45. The van der Waals surface area contributed by atoms with E-state index in [-0.39, 0.29) is 12.5 Å². The van der Waals surface area contributed by atoms with E-state index in [0.717, 1.165) is 18.7 Å². The van der Waals surface area contributed by atoms with Gasteiger partial charge in [-0.3, -0.25) is 9.69 Å². The first-order chi connectivity index (χ1) is 13.0. The zero-order valence-electron chi connectivity index (χ0n) is 16.4. The lowest BCUT2D eigenvalue weighted by atomic mass is 10.2. The zero-order valence-corrected chi connectivity index (χ0v) is 17.2. The number of aliphatic hydroxyl groups is 1. The summed E-state index contributed by atoms with van der Waals surface area (Å²) in [5.74, 6) is 0.646. The minimum Gasteiger partial charge on any atom is -0.491 e. The maximum absolute atomic E-state index is 11.5. The number of hydrogen-bond acceptors (Lipinski definition) is 5. The van der Waals surface area contributed by atoms with E-state index >= 15 is 0 Å². The van der Waals surface area contributed by atoms with Gasteiger partial charge in [0.05, 0.1) is 6.54 Å². The smallest absolute Gasteiger partial charge is 0.233 e. The quantitative estimate of drug-likeness (QED) is 0.668. The van der Waals surface area contributed by atoms with Gasteiger partial charge in [-0.25, -0.2) is 0 Å². The third-order valence-electron chi connectivity index (χ3n) is 4.75. The summed E-state index contributed by atoms with van der Waals surface area (Å²) < 4.78 is 5.90. The van der Waals surface area contributed by atoms with Crippen LogP contribution in [-0.2, 0) is 11.3 Å². The highest BCUT2D eigenvalue weighted by Gasteiger charge is 2.16. The Balaban J connectivity index is 1.90. The largest absolute Gasteiger partial charge is 0.491 e. The number of nitrogens with one attached hydrogen (secondary N) is 1. The second-order valence-electron chi connectivity index (χ2n) is 7.28. The van der Waals surface area contributed by atoms with Crippen LogP contribution in [0.3, 0.4) is 0 Å². The van der Waals surface area contributed by atoms with E-state index in [1.165, 1.54) is 25.7 Å². The number of amides is 1. The molecule has 1 amide bonds. The molecule has 27 heavy (non-hydrogen) atoms. The SMILES string of the molecule is CNC(=O)CN(C)Cc1cc(Cl)ccc1OCC(O)CN1CCCCCC1. The fourth-order valence-electron chi connectivity index (χ4n) is 3.34. The Hall–Kier alpha value is -1.34. The van der Waals surface area contributed by atoms with Crippen molar-refractivity contribution in [3.63, 3.8) is 0 Å². The molecule has 0 radical (unpaired) electrons. The number of carbonyl (C=O) groups excluding carboxylic acids is 1. The van der Waals surface area contributed by atoms with Gasteiger partial charge in [0.25, 0.3) is 0 Å². The number of nitrogens with zero attached hydrogens (tertiary/aromatic N) is 2. The Kier molecular flexibility index (Phi) is 9.34. The van der Waals surface area contributed by atoms with Crippen molar-refractivity contribution in [2.75, 3.05) is 46.9 Å². The minimum atomic E-state index is -0.532. The van der Waals surface area contributed by atoms with Gasteiger partial charge in [0, 0.05) is 30.7 Å². The number of carbonyl (C=O) groups is 1. The van der Waals surface area contributed by atoms with Crippen LogP contribution in [0.5, 0.6) is 5.75 Å². The maximum atomic E-state index is 11.5. The number of likely N-dealkylation sites (tertiary alicyclic amines) is 1. The van der Waals surface area contributed by atoms with Crippen LogP contribution in [0, 0.1) is 0 Å². The Morgan fingerprint density at radius 3 is 2.70 bits per heavy atom. The molecule has 1 atom stereocenters. The molecule has 7 heteroatoms. The predicted molar refractivity (Wildman–Crippen MR) is 108 cm³/mol. The van der Waals surface area contributed by atoms with Crippen LogP contribution in [0.1, 0.15) is 31.2 Å². The van der Waals surface area contributed by atoms with Crippen LogP contribution in [0.4, 0.5) is 0 Å². The number of likely N-dealkylation sites (N-methyl/N-ethyl adjacent to an activating group) is 2. The van der Waals surface area contributed by atoms with E-state index in [1.54, 1.807) is 13.1 Å². The number of hydrogen-bond donors (Lipinski definition) is 2. The normalized spacial score (nSPS) is 16.8. The van der Waals surface area contributed by atoms with E-state index in [1.807, 2.05) is 24.1 Å². The summed E-state index contributed by atoms with van der Waals surface area (Å²) in [6.07, 6.45) is 4.43. The van der Waals surface area contributed by atoms with Crippen LogP contribution >= 0.6 is 11.6 Å². The average Bonchev–Trinajstić information content (AvgIpc) is 2.89. The fourth-order valence-corrected chi connectivity index (χ4v) is 3.53. The molecule has 1 unspecified atom stereocenters. The monoisotopic (exact) mass is 397 g/mol. The van der Waals surface area contributed by atoms with Gasteiger partial charge in [0.2, 0.25) is 5.91 Å². The summed E-state index contributed by atoms with van der Waals surface area (Å²) >= 11 is 6.13. The number of benzene rings is 1. The zero-order chi connectivity index (χ0) is 19.6. The van der Waals surface area contributed by atoms with Gasteiger partial charge < -0.3 is 20.1 Å². The Bertz CT molecular complexity index is 592. The first-order valence-corrected chi connectivity index (χ1v) is 10.1. The molecule has 152 valence electrons. The van der Waals surface area contributed by atoms with Crippen molar-refractivity contribution in [1.82, 2.24) is 15.1 Å². The molecule has 0 aliphatic carbocycles. The van der Waals surface area contributed by atoms with Gasteiger partial charge in [-0.05, 0) is 51.2 Å². The summed E-state index contributed by atoms with van der Waals surface area (Å²) in [5.41, 5.74) is 0.899. The Labute approximate surface area is 167 Å². The Morgan fingerprint density at radius 2 is 2.04 bits per heavy atom. The van der Waals surface area contributed by atoms with Gasteiger partial charge in [0.1, 0.15) is 18.5 Å². The third kappa shape index (κ3) is 8.05. The summed E-state index contributed by atoms with van der Waals surface area (Å²) in [6.45, 7) is 3.80. The average molecular weight is 398 g/mol. The maximum Gasteiger partial charge on any atom is 0.233 e. The number of ether oxygens (including phenoxy) is 1. The van der Waals surface area contributed by atoms with Gasteiger partial charge in [0.15, 0.2) is 0 Å². The lowest BCUT2D eigenvalue weighted by molar-refractivity contribution is -0.121. The molecule has 1 heterocycles. The highest BCUT2D eigenvalue weighted by atomic mass is 35.5. The highest BCUT2D eigenvalue weighted by molar-refractivity contribution is 6.30. The predicted octanol–water partition coefficient (Wildman–Crippen LogP) is 2.13. The fraction of sp³-hybridized carbons (Fsp3) is 0.650. The molecule has 1 aliphatic heterocycles. The van der Waals surface area contributed by atoms with Crippen molar-refractivity contribution >= 4 is 17.5 Å². The molecule has 1 fully saturated rings. The van der Waals surface area contributed by atoms with Crippen LogP contribution in [0.2, 0.25) is 5.02 Å². The first kappa shape index (κ1) is 22.0. The van der Waals surface area contributed by atoms with Crippen molar-refractivity contribution in [2.45, 2.75) is 38.3 Å². The molecule has 0 spiro atoms. The molecular weight excluding hydrogens is 366 g/mol. The van der Waals surface area contributed by atoms with E-state index in [0.29, 0.717) is 30.4 Å². The Morgan fingerprint density at radius 1 is 1.33 bits per heavy atom. The summed E-state index contributed by atoms with van der Waals surface area (Å²) in [5, 5.41) is 13.6. The number of rotatable bonds is 9. The van der Waals surface area contributed by atoms with Gasteiger partial charge in [-0.2, -0.15) is 0 Å². The molecule has 2 rings (SSSR count). The van der Waals surface area contributed by atoms with Gasteiger partial charge >= 0.3 is 0 Å². The van der Waals surface area contributed by atoms with Crippen LogP contribution < -0.4 is 10.1 Å². The second kappa shape index (κ2) is 11.5. The molecule has 1 aliphatic rings. The topological polar surface area (TPSA) is 65.0 Å². The van der Waals surface area contributed by atoms with Crippen molar-refractivity contribution in [3.8, 4) is 5.75 Å². The summed E-state index contributed by atoms with van der Waals surface area (Å²) in [7, 11) is 3.49. The molecule has 1 aromatic rings. The molecular formula is C20H32ClN3O3. The number of halogens is 1. The number of aliphatic hydroxyl groups excluding tert-OH is 1. The molecule has 6 nitrogen and oxygen atoms in total. The standard InChI is InChI=1S/C20H32ClN3O3/c1-22-20(26)14-23(2)12-16-11-17(21)7-8-19(16)27-15-18(25)13-24-9-5-3-4-6-10-24/h7-8,11,18,25H,3-6,9-10,12-15H2,1-2H3,(H,22,26). The van der Waals surface area contributed by atoms with Crippen molar-refractivity contribution in [1.29, 1.82) is 0 Å². The lowest BCUT2D eigenvalue weighted by Gasteiger charge is -2.24. The van der Waals surface area contributed by atoms with E-state index in [4.69, 9.17) is 16.3 Å². The molecule has 1 aromatic carbocycles. The second-order valence-corrected chi connectivity index (χ2v) is 7.71. The van der Waals surface area contributed by atoms with E-state index in [9.17, 15) is 9.90 Å². The van der Waals surface area contributed by atoms with Crippen LogP contribution in [0.15, 0.2) is 18.2 Å². The molecule has 0 saturated carbocycles. The molecule has 1 saturated heterocycles. The van der Waals surface area contributed by atoms with Crippen molar-refractivity contribution in [3.05, 3.63) is 28.8 Å². The highest BCUT2D eigenvalue weighted by Crippen LogP contribution is 2.24. The van der Waals surface area contributed by atoms with Crippen LogP contribution in [-0.4, -0.2) is 73.8 Å². The van der Waals surface area contributed by atoms with E-state index in [2.05, 4.69) is 10.2 Å². The van der Waals surface area contributed by atoms with Crippen LogP contribution in [0.25, 0.3) is 0 Å². The van der Waals surface area contributed by atoms with Gasteiger partial charge in [-0.15, -0.1) is 0 Å². The summed E-state index contributed by atoms with van der Waals surface area (Å²) in [4.78, 5) is 15.8. The first-order valence-electron chi connectivity index (χ1n) is 9.68.